The van der Waals surface area contributed by atoms with Gasteiger partial charge in [0, 0.05) is 24.6 Å². The number of carbonyl (C=O) groups excluding carboxylic acids is 2. The molecule has 5 atom stereocenters. The maximum Gasteiger partial charge on any atom is 0.335 e. The molecular weight excluding hydrogens is 615 g/mol. The fraction of sp³-hybridized carbons (Fsp3) is 0.562. The summed E-state index contributed by atoms with van der Waals surface area (Å²) in [4.78, 5) is 40.6. The van der Waals surface area contributed by atoms with Crippen molar-refractivity contribution in [2.24, 2.45) is 4.99 Å². The molecule has 0 unspecified atom stereocenters. The Labute approximate surface area is 275 Å². The minimum Gasteiger partial charge on any atom is -0.479 e. The summed E-state index contributed by atoms with van der Waals surface area (Å²) in [6, 6.07) is 4.33. The van der Waals surface area contributed by atoms with Crippen molar-refractivity contribution in [1.82, 2.24) is 5.32 Å². The summed E-state index contributed by atoms with van der Waals surface area (Å²) in [7, 11) is 1.25. The number of nitrogens with zero attached hydrogens (tertiary/aromatic N) is 1. The molecule has 1 aromatic carbocycles. The fourth-order valence-corrected chi connectivity index (χ4v) is 4.94. The van der Waals surface area contributed by atoms with Crippen LogP contribution < -0.4 is 10.1 Å². The summed E-state index contributed by atoms with van der Waals surface area (Å²) in [5.74, 6) is -1.65. The van der Waals surface area contributed by atoms with Crippen molar-refractivity contribution in [3.8, 4) is 5.75 Å². The Hall–Kier alpha value is -3.17. The van der Waals surface area contributed by atoms with Gasteiger partial charge in [-0.3, -0.25) is 14.6 Å². The number of allylic oxidation sites excluding steroid dienone is 3. The van der Waals surface area contributed by atoms with E-state index in [0.29, 0.717) is 25.1 Å². The number of hydrogen-bond donors (Lipinski definition) is 5. The van der Waals surface area contributed by atoms with Crippen LogP contribution in [0.1, 0.15) is 68.8 Å². The molecule has 0 saturated carbocycles. The van der Waals surface area contributed by atoms with E-state index in [9.17, 15) is 34.8 Å². The van der Waals surface area contributed by atoms with Gasteiger partial charge in [-0.15, -0.1) is 0 Å². The molecule has 1 aliphatic heterocycles. The van der Waals surface area contributed by atoms with Crippen molar-refractivity contribution in [3.63, 3.8) is 0 Å². The molecule has 0 bridgehead atoms. The standard InChI is InChI=1S/C32H47BN2O10S/c1-19(7-5-8-20(2)13-16-46-4)9-10-21(3)34-14-6-15-35-29(39)23-17-22(18-43-32(33)42)11-12-24(23)44-31-27(38)25(36)26(37)28(45-31)30(40)41/h7,11-13,17,25-28,31,36-38H,5-6,8-10,14-16,18,33H2,1-4H3,(H,35,39)(H,40,41)/b19-7+,20-13+,34-21+/t25-,26-,27+,28-,31+/m0/s1. The van der Waals surface area contributed by atoms with Gasteiger partial charge in [-0.1, -0.05) is 29.4 Å². The van der Waals surface area contributed by atoms with Gasteiger partial charge in [0.2, 0.25) is 20.0 Å². The quantitative estimate of drug-likeness (QED) is 0.0674. The second-order valence-electron chi connectivity index (χ2n) is 11.3. The van der Waals surface area contributed by atoms with Gasteiger partial charge in [-0.05, 0) is 76.8 Å². The zero-order valence-electron chi connectivity index (χ0n) is 27.2. The van der Waals surface area contributed by atoms with E-state index in [1.54, 1.807) is 0 Å². The van der Waals surface area contributed by atoms with Gasteiger partial charge >= 0.3 is 5.97 Å². The molecular formula is C32H47BN2O10S. The first-order chi connectivity index (χ1) is 21.8. The third kappa shape index (κ3) is 13.3. The Bertz CT molecular complexity index is 1270. The van der Waals surface area contributed by atoms with Crippen molar-refractivity contribution < 1.29 is 49.0 Å². The molecule has 5 N–H and O–H groups in total. The van der Waals surface area contributed by atoms with Gasteiger partial charge in [-0.2, -0.15) is 11.8 Å². The van der Waals surface area contributed by atoms with Gasteiger partial charge in [-0.25, -0.2) is 4.79 Å². The highest BCUT2D eigenvalue weighted by atomic mass is 32.2. The summed E-state index contributed by atoms with van der Waals surface area (Å²) in [6.45, 7) is 7.00. The minimum absolute atomic E-state index is 0.00446. The summed E-state index contributed by atoms with van der Waals surface area (Å²) in [5, 5.41) is 42.6. The maximum absolute atomic E-state index is 13.2. The lowest BCUT2D eigenvalue weighted by Crippen LogP contribution is -2.61. The monoisotopic (exact) mass is 662 g/mol. The van der Waals surface area contributed by atoms with Gasteiger partial charge in [0.25, 0.3) is 5.91 Å². The highest BCUT2D eigenvalue weighted by molar-refractivity contribution is 7.98. The summed E-state index contributed by atoms with van der Waals surface area (Å²) in [6.07, 6.45) is 1.98. The van der Waals surface area contributed by atoms with Crippen molar-refractivity contribution in [2.75, 3.05) is 25.1 Å². The van der Waals surface area contributed by atoms with E-state index >= 15 is 0 Å². The number of carboxylic acids is 1. The van der Waals surface area contributed by atoms with Crippen LogP contribution in [0.5, 0.6) is 5.75 Å². The number of aliphatic hydroxyl groups is 3. The minimum atomic E-state index is -1.89. The van der Waals surface area contributed by atoms with E-state index in [4.69, 9.17) is 14.2 Å². The van der Waals surface area contributed by atoms with Crippen LogP contribution in [-0.4, -0.2) is 108 Å². The molecule has 0 aliphatic carbocycles. The first-order valence-corrected chi connectivity index (χ1v) is 16.7. The number of carboxylic acid groups (broad SMARTS) is 1. The van der Waals surface area contributed by atoms with Crippen LogP contribution in [0, 0.1) is 0 Å². The van der Waals surface area contributed by atoms with Crippen LogP contribution in [0.3, 0.4) is 0 Å². The van der Waals surface area contributed by atoms with E-state index in [2.05, 4.69) is 42.6 Å². The number of ether oxygens (including phenoxy) is 3. The molecule has 1 aliphatic rings. The predicted octanol–water partition coefficient (Wildman–Crippen LogP) is 2.62. The number of aliphatic imine (C=N–C) groups is 1. The van der Waals surface area contributed by atoms with Crippen molar-refractivity contribution in [3.05, 3.63) is 52.6 Å². The summed E-state index contributed by atoms with van der Waals surface area (Å²) >= 11 is 1.82. The molecule has 1 aromatic rings. The summed E-state index contributed by atoms with van der Waals surface area (Å²) in [5.41, 5.74) is 4.26. The van der Waals surface area contributed by atoms with Crippen LogP contribution in [0.4, 0.5) is 4.79 Å². The molecule has 254 valence electrons. The molecule has 0 aromatic heterocycles. The van der Waals surface area contributed by atoms with Crippen LogP contribution >= 0.6 is 11.8 Å². The lowest BCUT2D eigenvalue weighted by Gasteiger charge is -2.38. The van der Waals surface area contributed by atoms with Gasteiger partial charge < -0.3 is 40.0 Å². The fourth-order valence-electron chi connectivity index (χ4n) is 4.49. The van der Waals surface area contributed by atoms with E-state index in [1.165, 1.54) is 37.2 Å². The summed E-state index contributed by atoms with van der Waals surface area (Å²) < 4.78 is 15.9. The number of amides is 1. The normalized spacial score (nSPS) is 22.3. The number of thioether (sulfide) groups is 1. The number of carbonyl (C=O) groups is 3. The highest BCUT2D eigenvalue weighted by Gasteiger charge is 2.48. The highest BCUT2D eigenvalue weighted by Crippen LogP contribution is 2.28. The largest absolute Gasteiger partial charge is 0.479 e. The van der Waals surface area contributed by atoms with Crippen LogP contribution in [-0.2, 0) is 20.9 Å². The van der Waals surface area contributed by atoms with E-state index in [0.717, 1.165) is 37.1 Å². The van der Waals surface area contributed by atoms with Gasteiger partial charge in [0.05, 0.1) is 5.56 Å². The molecule has 0 spiro atoms. The molecule has 1 heterocycles. The van der Waals surface area contributed by atoms with Crippen LogP contribution in [0.15, 0.2) is 46.5 Å². The first-order valence-electron chi connectivity index (χ1n) is 15.3. The third-order valence-electron chi connectivity index (χ3n) is 7.30. The molecule has 12 nitrogen and oxygen atoms in total. The lowest BCUT2D eigenvalue weighted by atomic mass is 9.99. The third-order valence-corrected chi connectivity index (χ3v) is 7.80. The smallest absolute Gasteiger partial charge is 0.335 e. The Balaban J connectivity index is 1.97. The lowest BCUT2D eigenvalue weighted by molar-refractivity contribution is -0.271. The number of aliphatic carboxylic acids is 1. The van der Waals surface area contributed by atoms with Crippen LogP contribution in [0.2, 0.25) is 0 Å². The SMILES string of the molecule is BC(=O)OCc1ccc(O[C@@H]2O[C@H](C(=O)O)[C@@H](O)[C@H](O)[C@H]2O)c(C(=O)NCCC/N=C(\C)CC/C(C)=C/CC/C(C)=C/CSC)c1. The Kier molecular flexibility index (Phi) is 17.1. The molecule has 0 radical (unpaired) electrons. The van der Waals surface area contributed by atoms with E-state index in [1.807, 2.05) is 18.7 Å². The molecule has 1 fully saturated rings. The second-order valence-corrected chi connectivity index (χ2v) is 12.2. The number of benzene rings is 1. The van der Waals surface area contributed by atoms with E-state index < -0.39 is 48.5 Å². The predicted molar refractivity (Wildman–Crippen MR) is 179 cm³/mol. The molecule has 14 heteroatoms. The zero-order valence-corrected chi connectivity index (χ0v) is 28.0. The number of hydrogen-bond acceptors (Lipinski definition) is 11. The molecule has 1 amide bonds. The maximum atomic E-state index is 13.2. The van der Waals surface area contributed by atoms with Crippen molar-refractivity contribution in [2.45, 2.75) is 90.2 Å². The molecule has 46 heavy (non-hydrogen) atoms. The van der Waals surface area contributed by atoms with Crippen molar-refractivity contribution >= 4 is 43.1 Å². The molecule has 2 rings (SSSR count). The van der Waals surface area contributed by atoms with Crippen LogP contribution in [0.25, 0.3) is 0 Å². The number of rotatable bonds is 18. The van der Waals surface area contributed by atoms with Gasteiger partial charge in [0.1, 0.15) is 30.7 Å². The Morgan fingerprint density at radius 2 is 1.76 bits per heavy atom. The van der Waals surface area contributed by atoms with Crippen molar-refractivity contribution in [1.29, 1.82) is 0 Å². The average molecular weight is 663 g/mol. The number of aliphatic hydroxyl groups excluding tert-OH is 3. The zero-order chi connectivity index (χ0) is 34.2. The second kappa shape index (κ2) is 20.2. The topological polar surface area (TPSA) is 184 Å². The Morgan fingerprint density at radius 3 is 2.43 bits per heavy atom. The Morgan fingerprint density at radius 1 is 1.04 bits per heavy atom. The average Bonchev–Trinajstić information content (AvgIpc) is 3.01. The van der Waals surface area contributed by atoms with Gasteiger partial charge in [0.15, 0.2) is 6.10 Å². The first kappa shape index (κ1) is 39.0. The van der Waals surface area contributed by atoms with E-state index in [-0.39, 0.29) is 17.9 Å². The number of nitrogens with one attached hydrogen (secondary N) is 1. The molecule has 1 saturated heterocycles.